The molecule has 132 valence electrons. The number of aromatic nitrogens is 2. The smallest absolute Gasteiger partial charge is 0.227 e. The van der Waals surface area contributed by atoms with E-state index in [1.807, 2.05) is 0 Å². The maximum atomic E-state index is 13.5. The number of amides is 2. The molecule has 1 saturated heterocycles. The first-order valence-corrected chi connectivity index (χ1v) is 8.19. The average Bonchev–Trinajstić information content (AvgIpc) is 3.09. The Hall–Kier alpha value is -1.96. The number of anilines is 1. The van der Waals surface area contributed by atoms with Gasteiger partial charge in [-0.1, -0.05) is 0 Å². The lowest BCUT2D eigenvalue weighted by Crippen LogP contribution is -2.52. The maximum Gasteiger partial charge on any atom is 0.227 e. The Kier molecular flexibility index (Phi) is 4.58. The van der Waals surface area contributed by atoms with Gasteiger partial charge in [0.05, 0.1) is 31.0 Å². The van der Waals surface area contributed by atoms with Crippen molar-refractivity contribution >= 4 is 17.5 Å². The summed E-state index contributed by atoms with van der Waals surface area (Å²) in [6.45, 7) is 3.01. The number of rotatable bonds is 6. The fourth-order valence-electron chi connectivity index (χ4n) is 3.32. The van der Waals surface area contributed by atoms with Crippen molar-refractivity contribution in [3.05, 3.63) is 12.4 Å². The van der Waals surface area contributed by atoms with Gasteiger partial charge in [0.1, 0.15) is 5.67 Å². The molecule has 1 atom stereocenters. The van der Waals surface area contributed by atoms with E-state index in [0.29, 0.717) is 38.2 Å². The third kappa shape index (κ3) is 3.58. The van der Waals surface area contributed by atoms with Crippen molar-refractivity contribution < 1.29 is 18.7 Å². The Bertz CT molecular complexity index is 623. The third-order valence-electron chi connectivity index (χ3n) is 4.64. The molecule has 0 spiro atoms. The minimum atomic E-state index is -1.17. The lowest BCUT2D eigenvalue weighted by molar-refractivity contribution is -0.128. The van der Waals surface area contributed by atoms with Crippen LogP contribution in [0.4, 0.5) is 10.1 Å². The number of ether oxygens (including phenoxy) is 1. The highest BCUT2D eigenvalue weighted by atomic mass is 19.1. The van der Waals surface area contributed by atoms with Crippen molar-refractivity contribution in [1.82, 2.24) is 15.1 Å². The van der Waals surface area contributed by atoms with Gasteiger partial charge in [-0.2, -0.15) is 5.10 Å². The molecule has 1 aromatic rings. The second-order valence-corrected chi connectivity index (χ2v) is 6.89. The quantitative estimate of drug-likeness (QED) is 0.836. The average molecular weight is 338 g/mol. The first kappa shape index (κ1) is 16.9. The van der Waals surface area contributed by atoms with Gasteiger partial charge in [-0.3, -0.25) is 14.3 Å². The highest BCUT2D eigenvalue weighted by molar-refractivity contribution is 6.00. The van der Waals surface area contributed by atoms with Crippen LogP contribution >= 0.6 is 0 Å². The summed E-state index contributed by atoms with van der Waals surface area (Å²) in [7, 11) is 1.62. The van der Waals surface area contributed by atoms with Crippen molar-refractivity contribution in [2.45, 2.75) is 44.4 Å². The molecule has 0 radical (unpaired) electrons. The Labute approximate surface area is 140 Å². The molecule has 0 aromatic carbocycles. The topological polar surface area (TPSA) is 76.5 Å². The van der Waals surface area contributed by atoms with E-state index in [2.05, 4.69) is 10.4 Å². The van der Waals surface area contributed by atoms with E-state index in [4.69, 9.17) is 4.74 Å². The predicted octanol–water partition coefficient (Wildman–Crippen LogP) is 0.889. The van der Waals surface area contributed by atoms with Gasteiger partial charge in [0.2, 0.25) is 11.8 Å². The van der Waals surface area contributed by atoms with Crippen LogP contribution in [-0.2, 0) is 20.9 Å². The molecule has 1 aromatic heterocycles. The second-order valence-electron chi connectivity index (χ2n) is 6.89. The molecular weight excluding hydrogens is 315 g/mol. The summed E-state index contributed by atoms with van der Waals surface area (Å²) in [4.78, 5) is 26.1. The molecule has 1 unspecified atom stereocenters. The van der Waals surface area contributed by atoms with Crippen LogP contribution in [0, 0.1) is 5.92 Å². The van der Waals surface area contributed by atoms with Crippen LogP contribution in [0.25, 0.3) is 0 Å². The summed E-state index contributed by atoms with van der Waals surface area (Å²) in [6.07, 6.45) is 4.26. The summed E-state index contributed by atoms with van der Waals surface area (Å²) in [5.74, 6) is -0.658. The molecule has 2 amide bonds. The molecule has 2 aliphatic rings. The SMILES string of the molecule is COCCn1cc(N2CC(C(=O)NC3CC(C)(F)C3)CC2=O)cn1. The molecule has 0 bridgehead atoms. The predicted molar refractivity (Wildman–Crippen MR) is 85.2 cm³/mol. The van der Waals surface area contributed by atoms with Crippen molar-refractivity contribution in [2.24, 2.45) is 5.92 Å². The van der Waals surface area contributed by atoms with Gasteiger partial charge in [-0.05, 0) is 6.92 Å². The number of hydrogen-bond acceptors (Lipinski definition) is 4. The number of nitrogens with one attached hydrogen (secondary N) is 1. The Morgan fingerprint density at radius 1 is 1.54 bits per heavy atom. The van der Waals surface area contributed by atoms with Gasteiger partial charge in [0, 0.05) is 45.2 Å². The molecule has 24 heavy (non-hydrogen) atoms. The van der Waals surface area contributed by atoms with Crippen LogP contribution < -0.4 is 10.2 Å². The summed E-state index contributed by atoms with van der Waals surface area (Å²) in [5.41, 5.74) is -0.488. The number of halogens is 1. The van der Waals surface area contributed by atoms with E-state index in [9.17, 15) is 14.0 Å². The highest BCUT2D eigenvalue weighted by Gasteiger charge is 2.43. The number of carbonyl (C=O) groups excluding carboxylic acids is 2. The fourth-order valence-corrected chi connectivity index (χ4v) is 3.32. The van der Waals surface area contributed by atoms with Crippen LogP contribution in [-0.4, -0.2) is 53.6 Å². The van der Waals surface area contributed by atoms with Gasteiger partial charge in [-0.25, -0.2) is 4.39 Å². The number of carbonyl (C=O) groups is 2. The fraction of sp³-hybridized carbons (Fsp3) is 0.688. The second kappa shape index (κ2) is 6.51. The van der Waals surface area contributed by atoms with E-state index in [1.54, 1.807) is 29.1 Å². The molecular formula is C16H23FN4O3. The van der Waals surface area contributed by atoms with Crippen molar-refractivity contribution in [3.8, 4) is 0 Å². The van der Waals surface area contributed by atoms with Crippen LogP contribution in [0.5, 0.6) is 0 Å². The van der Waals surface area contributed by atoms with E-state index in [1.165, 1.54) is 6.92 Å². The van der Waals surface area contributed by atoms with Crippen molar-refractivity contribution in [2.75, 3.05) is 25.2 Å². The first-order chi connectivity index (χ1) is 11.4. The Balaban J connectivity index is 1.55. The van der Waals surface area contributed by atoms with Crippen molar-refractivity contribution in [3.63, 3.8) is 0 Å². The number of alkyl halides is 1. The molecule has 1 saturated carbocycles. The van der Waals surface area contributed by atoms with Crippen LogP contribution in [0.3, 0.4) is 0 Å². The van der Waals surface area contributed by atoms with E-state index in [0.717, 1.165) is 0 Å². The minimum Gasteiger partial charge on any atom is -0.383 e. The molecule has 1 aliphatic heterocycles. The summed E-state index contributed by atoms with van der Waals surface area (Å²) in [6, 6.07) is -0.117. The number of nitrogens with zero attached hydrogens (tertiary/aromatic N) is 3. The van der Waals surface area contributed by atoms with Gasteiger partial charge < -0.3 is 15.0 Å². The van der Waals surface area contributed by atoms with E-state index in [-0.39, 0.29) is 24.3 Å². The minimum absolute atomic E-state index is 0.0922. The van der Waals surface area contributed by atoms with Crippen LogP contribution in [0.1, 0.15) is 26.2 Å². The molecule has 7 nitrogen and oxygen atoms in total. The molecule has 3 rings (SSSR count). The molecule has 2 heterocycles. The summed E-state index contributed by atoms with van der Waals surface area (Å²) in [5, 5.41) is 7.03. The van der Waals surface area contributed by atoms with Gasteiger partial charge in [0.15, 0.2) is 0 Å². The normalized spacial score (nSPS) is 29.6. The molecule has 1 N–H and O–H groups in total. The lowest BCUT2D eigenvalue weighted by Gasteiger charge is -2.39. The van der Waals surface area contributed by atoms with Gasteiger partial charge in [0.25, 0.3) is 0 Å². The first-order valence-electron chi connectivity index (χ1n) is 8.19. The van der Waals surface area contributed by atoms with Crippen LogP contribution in [0.2, 0.25) is 0 Å². The monoisotopic (exact) mass is 338 g/mol. The Morgan fingerprint density at radius 3 is 2.96 bits per heavy atom. The standard InChI is InChI=1S/C16H23FN4O3/c1-16(17)6-12(7-16)19-15(23)11-5-14(22)21(9-11)13-8-18-20(10-13)3-4-24-2/h8,10-12H,3-7,9H2,1-2H3,(H,19,23). The third-order valence-corrected chi connectivity index (χ3v) is 4.64. The summed E-state index contributed by atoms with van der Waals surface area (Å²) >= 11 is 0. The largest absolute Gasteiger partial charge is 0.383 e. The maximum absolute atomic E-state index is 13.5. The molecule has 2 fully saturated rings. The summed E-state index contributed by atoms with van der Waals surface area (Å²) < 4.78 is 20.2. The highest BCUT2D eigenvalue weighted by Crippen LogP contribution is 2.36. The number of hydrogen-bond donors (Lipinski definition) is 1. The number of methoxy groups -OCH3 is 1. The van der Waals surface area contributed by atoms with Crippen molar-refractivity contribution in [1.29, 1.82) is 0 Å². The molecule has 8 heteroatoms. The van der Waals surface area contributed by atoms with Crippen LogP contribution in [0.15, 0.2) is 12.4 Å². The van der Waals surface area contributed by atoms with E-state index < -0.39 is 11.6 Å². The van der Waals surface area contributed by atoms with Gasteiger partial charge >= 0.3 is 0 Å². The van der Waals surface area contributed by atoms with E-state index >= 15 is 0 Å². The zero-order valence-corrected chi connectivity index (χ0v) is 14.0. The Morgan fingerprint density at radius 2 is 2.29 bits per heavy atom. The molecule has 1 aliphatic carbocycles. The zero-order valence-electron chi connectivity index (χ0n) is 14.0. The van der Waals surface area contributed by atoms with Gasteiger partial charge in [-0.15, -0.1) is 0 Å². The lowest BCUT2D eigenvalue weighted by atomic mass is 9.78. The zero-order chi connectivity index (χ0) is 17.3.